The van der Waals surface area contributed by atoms with Gasteiger partial charge in [0.2, 0.25) is 0 Å². The van der Waals surface area contributed by atoms with E-state index in [1.54, 1.807) is 48.5 Å². The molecule has 4 aromatic rings. The van der Waals surface area contributed by atoms with Gasteiger partial charge in [0.15, 0.2) is 0 Å². The lowest BCUT2D eigenvalue weighted by atomic mass is 9.90. The number of aryl methyl sites for hydroxylation is 1. The third-order valence-corrected chi connectivity index (χ3v) is 6.40. The summed E-state index contributed by atoms with van der Waals surface area (Å²) in [6.07, 6.45) is 0. The van der Waals surface area contributed by atoms with Crippen molar-refractivity contribution in [1.29, 1.82) is 5.26 Å². The lowest BCUT2D eigenvalue weighted by molar-refractivity contribution is 0.601. The fourth-order valence-corrected chi connectivity index (χ4v) is 4.56. The van der Waals surface area contributed by atoms with E-state index in [1.165, 1.54) is 0 Å². The maximum atomic E-state index is 13.0. The lowest BCUT2D eigenvalue weighted by Crippen LogP contribution is -2.15. The van der Waals surface area contributed by atoms with Gasteiger partial charge in [-0.1, -0.05) is 54.1 Å². The summed E-state index contributed by atoms with van der Waals surface area (Å²) < 4.78 is 28.7. The second-order valence-electron chi connectivity index (χ2n) is 7.07. The number of rotatable bonds is 5. The Bertz CT molecular complexity index is 1370. The summed E-state index contributed by atoms with van der Waals surface area (Å²) in [4.78, 5) is 3.27. The summed E-state index contributed by atoms with van der Waals surface area (Å²) >= 11 is 0. The highest BCUT2D eigenvalue weighted by Crippen LogP contribution is 2.38. The first-order chi connectivity index (χ1) is 14.4. The zero-order valence-electron chi connectivity index (χ0n) is 16.3. The molecule has 7 heteroatoms. The Morgan fingerprint density at radius 3 is 2.37 bits per heavy atom. The molecule has 1 heterocycles. The molecule has 30 heavy (non-hydrogen) atoms. The molecular weight excluding hydrogens is 396 g/mol. The zero-order chi connectivity index (χ0) is 21.3. The van der Waals surface area contributed by atoms with Gasteiger partial charge in [0.05, 0.1) is 11.0 Å². The largest absolute Gasteiger partial charge is 0.398 e. The molecule has 3 aromatic carbocycles. The summed E-state index contributed by atoms with van der Waals surface area (Å²) in [5.41, 5.74) is 9.46. The Labute approximate surface area is 175 Å². The first-order valence-corrected chi connectivity index (χ1v) is 10.8. The standard InChI is InChI=1S/C23H20N4O2S/c1-15-10-12-16(13-11-15)30(28,29)27-23-22(18-7-3-5-9-21(18)26-23)19(14-24)17-6-2-4-8-20(17)25/h2-13,19,26-27H,25H2,1H3. The van der Waals surface area contributed by atoms with Gasteiger partial charge in [-0.25, -0.2) is 8.42 Å². The minimum atomic E-state index is -3.86. The highest BCUT2D eigenvalue weighted by atomic mass is 32.2. The molecule has 0 amide bonds. The maximum Gasteiger partial charge on any atom is 0.263 e. The fraction of sp³-hybridized carbons (Fsp3) is 0.0870. The van der Waals surface area contributed by atoms with Gasteiger partial charge in [0.1, 0.15) is 11.7 Å². The van der Waals surface area contributed by atoms with E-state index < -0.39 is 15.9 Å². The van der Waals surface area contributed by atoms with Crippen LogP contribution in [0.5, 0.6) is 0 Å². The van der Waals surface area contributed by atoms with Crippen molar-refractivity contribution in [2.24, 2.45) is 0 Å². The monoisotopic (exact) mass is 416 g/mol. The number of hydrogen-bond acceptors (Lipinski definition) is 4. The molecule has 0 spiro atoms. The number of para-hydroxylation sites is 2. The maximum absolute atomic E-state index is 13.0. The van der Waals surface area contributed by atoms with E-state index in [-0.39, 0.29) is 10.7 Å². The molecular formula is C23H20N4O2S. The Morgan fingerprint density at radius 2 is 1.67 bits per heavy atom. The Kier molecular flexibility index (Phi) is 4.94. The summed E-state index contributed by atoms with van der Waals surface area (Å²) in [6, 6.07) is 23.4. The van der Waals surface area contributed by atoms with E-state index >= 15 is 0 Å². The SMILES string of the molecule is Cc1ccc(S(=O)(=O)Nc2[nH]c3ccccc3c2C(C#N)c2ccccc2N)cc1. The van der Waals surface area contributed by atoms with Crippen molar-refractivity contribution in [3.8, 4) is 6.07 Å². The lowest BCUT2D eigenvalue weighted by Gasteiger charge is -2.15. The molecule has 1 aromatic heterocycles. The molecule has 0 radical (unpaired) electrons. The predicted octanol–water partition coefficient (Wildman–Crippen LogP) is 4.51. The third kappa shape index (κ3) is 3.49. The number of nitrogen functional groups attached to an aromatic ring is 1. The number of H-pyrrole nitrogens is 1. The van der Waals surface area contributed by atoms with Gasteiger partial charge in [-0.3, -0.25) is 4.72 Å². The first kappa shape index (κ1) is 19.6. The molecule has 1 atom stereocenters. The smallest absolute Gasteiger partial charge is 0.263 e. The van der Waals surface area contributed by atoms with Crippen LogP contribution in [0.25, 0.3) is 10.9 Å². The van der Waals surface area contributed by atoms with E-state index in [0.717, 1.165) is 16.5 Å². The highest BCUT2D eigenvalue weighted by molar-refractivity contribution is 7.92. The van der Waals surface area contributed by atoms with Crippen molar-refractivity contribution in [2.75, 3.05) is 10.5 Å². The normalized spacial score (nSPS) is 12.4. The second-order valence-corrected chi connectivity index (χ2v) is 8.75. The number of aromatic nitrogens is 1. The van der Waals surface area contributed by atoms with Gasteiger partial charge in [0.25, 0.3) is 10.0 Å². The van der Waals surface area contributed by atoms with Gasteiger partial charge in [0, 0.05) is 22.2 Å². The van der Waals surface area contributed by atoms with Crippen LogP contribution in [0.15, 0.2) is 77.7 Å². The van der Waals surface area contributed by atoms with Gasteiger partial charge in [-0.15, -0.1) is 0 Å². The van der Waals surface area contributed by atoms with Crippen molar-refractivity contribution < 1.29 is 8.42 Å². The summed E-state index contributed by atoms with van der Waals surface area (Å²) in [5, 5.41) is 10.8. The predicted molar refractivity (Wildman–Crippen MR) is 119 cm³/mol. The number of sulfonamides is 1. The Balaban J connectivity index is 1.88. The van der Waals surface area contributed by atoms with Gasteiger partial charge >= 0.3 is 0 Å². The van der Waals surface area contributed by atoms with Crippen LogP contribution in [-0.2, 0) is 10.0 Å². The Morgan fingerprint density at radius 1 is 1.00 bits per heavy atom. The number of nitrogens with two attached hydrogens (primary N) is 1. The quantitative estimate of drug-likeness (QED) is 0.415. The molecule has 0 bridgehead atoms. The van der Waals surface area contributed by atoms with Crippen molar-refractivity contribution >= 4 is 32.4 Å². The average Bonchev–Trinajstić information content (AvgIpc) is 3.07. The minimum Gasteiger partial charge on any atom is -0.398 e. The molecule has 0 saturated heterocycles. The third-order valence-electron chi connectivity index (χ3n) is 5.04. The van der Waals surface area contributed by atoms with Gasteiger partial charge in [-0.2, -0.15) is 5.26 Å². The van der Waals surface area contributed by atoms with Gasteiger partial charge in [-0.05, 0) is 36.8 Å². The number of aromatic amines is 1. The number of fused-ring (bicyclic) bond motifs is 1. The van der Waals surface area contributed by atoms with Crippen LogP contribution in [-0.4, -0.2) is 13.4 Å². The zero-order valence-corrected chi connectivity index (χ0v) is 17.1. The summed E-state index contributed by atoms with van der Waals surface area (Å²) in [7, 11) is -3.86. The fourth-order valence-electron chi connectivity index (χ4n) is 3.52. The number of nitrogens with zero attached hydrogens (tertiary/aromatic N) is 1. The van der Waals surface area contributed by atoms with Gasteiger partial charge < -0.3 is 10.7 Å². The first-order valence-electron chi connectivity index (χ1n) is 9.35. The molecule has 0 aliphatic carbocycles. The molecule has 4 N–H and O–H groups in total. The van der Waals surface area contributed by atoms with E-state index in [4.69, 9.17) is 5.73 Å². The van der Waals surface area contributed by atoms with Crippen molar-refractivity contribution in [3.63, 3.8) is 0 Å². The average molecular weight is 417 g/mol. The van der Waals surface area contributed by atoms with Crippen LogP contribution in [0.4, 0.5) is 11.5 Å². The van der Waals surface area contributed by atoms with E-state index in [9.17, 15) is 13.7 Å². The van der Waals surface area contributed by atoms with Crippen molar-refractivity contribution in [1.82, 2.24) is 4.98 Å². The number of nitriles is 1. The van der Waals surface area contributed by atoms with Crippen molar-refractivity contribution in [2.45, 2.75) is 17.7 Å². The molecule has 0 saturated carbocycles. The van der Waals surface area contributed by atoms with Crippen LogP contribution in [0.3, 0.4) is 0 Å². The molecule has 6 nitrogen and oxygen atoms in total. The van der Waals surface area contributed by atoms with Crippen LogP contribution in [0.2, 0.25) is 0 Å². The molecule has 4 rings (SSSR count). The van der Waals surface area contributed by atoms with Crippen LogP contribution in [0, 0.1) is 18.3 Å². The summed E-state index contributed by atoms with van der Waals surface area (Å²) in [5.74, 6) is -0.496. The van der Waals surface area contributed by atoms with E-state index in [1.807, 2.05) is 31.2 Å². The highest BCUT2D eigenvalue weighted by Gasteiger charge is 2.26. The number of nitrogens with one attached hydrogen (secondary N) is 2. The molecule has 150 valence electrons. The van der Waals surface area contributed by atoms with E-state index in [0.29, 0.717) is 16.8 Å². The number of benzene rings is 3. The van der Waals surface area contributed by atoms with Crippen LogP contribution >= 0.6 is 0 Å². The number of anilines is 2. The minimum absolute atomic E-state index is 0.144. The molecule has 0 aliphatic rings. The topological polar surface area (TPSA) is 112 Å². The molecule has 0 aliphatic heterocycles. The number of hydrogen-bond donors (Lipinski definition) is 3. The molecule has 1 unspecified atom stereocenters. The summed E-state index contributed by atoms with van der Waals surface area (Å²) in [6.45, 7) is 1.89. The van der Waals surface area contributed by atoms with E-state index in [2.05, 4.69) is 15.8 Å². The Hall–Kier alpha value is -3.76. The molecule has 0 fully saturated rings. The van der Waals surface area contributed by atoms with Crippen LogP contribution < -0.4 is 10.5 Å². The van der Waals surface area contributed by atoms with Crippen LogP contribution in [0.1, 0.15) is 22.6 Å². The second kappa shape index (κ2) is 7.58. The van der Waals surface area contributed by atoms with Crippen molar-refractivity contribution in [3.05, 3.63) is 89.5 Å².